The molecule has 1 atom stereocenters. The molecule has 1 saturated heterocycles. The second kappa shape index (κ2) is 5.74. The summed E-state index contributed by atoms with van der Waals surface area (Å²) in [7, 11) is 0. The van der Waals surface area contributed by atoms with E-state index in [1.807, 2.05) is 43.0 Å². The maximum Gasteiger partial charge on any atom is 0.225 e. The lowest BCUT2D eigenvalue weighted by molar-refractivity contribution is -0.133. The van der Waals surface area contributed by atoms with Crippen LogP contribution in [0.1, 0.15) is 20.3 Å². The molecule has 0 bridgehead atoms. The van der Waals surface area contributed by atoms with Crippen LogP contribution in [0.3, 0.4) is 0 Å². The standard InChI is InChI=1S/C14H18BrNO2/c1-10(2)14(17)16-7-6-13(9-16)18-12-5-3-4-11(15)8-12/h3-5,8,10,13H,6-7,9H2,1-2H3. The van der Waals surface area contributed by atoms with Gasteiger partial charge in [-0.05, 0) is 18.2 Å². The van der Waals surface area contributed by atoms with E-state index in [2.05, 4.69) is 15.9 Å². The number of carbonyl (C=O) groups excluding carboxylic acids is 1. The Bertz CT molecular complexity index is 434. The molecule has 4 heteroatoms. The Morgan fingerprint density at radius 1 is 1.50 bits per heavy atom. The van der Waals surface area contributed by atoms with Gasteiger partial charge in [0, 0.05) is 23.4 Å². The van der Waals surface area contributed by atoms with Gasteiger partial charge in [-0.15, -0.1) is 0 Å². The molecule has 0 spiro atoms. The van der Waals surface area contributed by atoms with Gasteiger partial charge in [-0.3, -0.25) is 4.79 Å². The lowest BCUT2D eigenvalue weighted by Crippen LogP contribution is -2.33. The molecule has 1 fully saturated rings. The highest BCUT2D eigenvalue weighted by molar-refractivity contribution is 9.10. The number of benzene rings is 1. The molecule has 0 N–H and O–H groups in total. The summed E-state index contributed by atoms with van der Waals surface area (Å²) in [6.45, 7) is 5.37. The summed E-state index contributed by atoms with van der Waals surface area (Å²) in [4.78, 5) is 13.8. The molecule has 1 heterocycles. The van der Waals surface area contributed by atoms with Crippen LogP contribution < -0.4 is 4.74 Å². The van der Waals surface area contributed by atoms with Gasteiger partial charge in [0.1, 0.15) is 11.9 Å². The number of rotatable bonds is 3. The van der Waals surface area contributed by atoms with Crippen molar-refractivity contribution in [2.45, 2.75) is 26.4 Å². The normalized spacial score (nSPS) is 19.3. The third kappa shape index (κ3) is 3.25. The van der Waals surface area contributed by atoms with Gasteiger partial charge >= 0.3 is 0 Å². The van der Waals surface area contributed by atoms with Crippen LogP contribution >= 0.6 is 15.9 Å². The van der Waals surface area contributed by atoms with Crippen molar-refractivity contribution in [1.29, 1.82) is 0 Å². The molecule has 0 saturated carbocycles. The van der Waals surface area contributed by atoms with Crippen molar-refractivity contribution in [3.63, 3.8) is 0 Å². The lowest BCUT2D eigenvalue weighted by Gasteiger charge is -2.19. The summed E-state index contributed by atoms with van der Waals surface area (Å²) in [5.41, 5.74) is 0. The molecule has 18 heavy (non-hydrogen) atoms. The molecule has 1 unspecified atom stereocenters. The van der Waals surface area contributed by atoms with E-state index in [1.54, 1.807) is 0 Å². The average molecular weight is 312 g/mol. The Balaban J connectivity index is 1.92. The molecule has 0 aromatic heterocycles. The Hall–Kier alpha value is -1.03. The molecular formula is C14H18BrNO2. The van der Waals surface area contributed by atoms with Gasteiger partial charge in [-0.2, -0.15) is 0 Å². The van der Waals surface area contributed by atoms with Crippen molar-refractivity contribution in [2.75, 3.05) is 13.1 Å². The number of amides is 1. The first-order chi connectivity index (χ1) is 8.56. The van der Waals surface area contributed by atoms with Crippen molar-refractivity contribution < 1.29 is 9.53 Å². The minimum absolute atomic E-state index is 0.0645. The van der Waals surface area contributed by atoms with Crippen molar-refractivity contribution in [2.24, 2.45) is 5.92 Å². The van der Waals surface area contributed by atoms with E-state index in [0.717, 1.165) is 23.2 Å². The van der Waals surface area contributed by atoms with Gasteiger partial charge in [0.15, 0.2) is 0 Å². The van der Waals surface area contributed by atoms with Crippen molar-refractivity contribution in [3.8, 4) is 5.75 Å². The third-order valence-corrected chi connectivity index (χ3v) is 3.54. The van der Waals surface area contributed by atoms with E-state index in [1.165, 1.54) is 0 Å². The van der Waals surface area contributed by atoms with Crippen molar-refractivity contribution >= 4 is 21.8 Å². The second-order valence-electron chi connectivity index (χ2n) is 4.92. The molecule has 1 aliphatic heterocycles. The van der Waals surface area contributed by atoms with Crippen LogP contribution in [0, 0.1) is 5.92 Å². The monoisotopic (exact) mass is 311 g/mol. The van der Waals surface area contributed by atoms with Crippen LogP contribution in [0.15, 0.2) is 28.7 Å². The fourth-order valence-electron chi connectivity index (χ4n) is 2.12. The van der Waals surface area contributed by atoms with Gasteiger partial charge in [0.05, 0.1) is 6.54 Å². The quantitative estimate of drug-likeness (QED) is 0.858. The van der Waals surface area contributed by atoms with E-state index in [4.69, 9.17) is 4.74 Å². The number of carbonyl (C=O) groups is 1. The molecule has 1 aromatic carbocycles. The molecule has 1 aromatic rings. The fraction of sp³-hybridized carbons (Fsp3) is 0.500. The van der Waals surface area contributed by atoms with E-state index < -0.39 is 0 Å². The van der Waals surface area contributed by atoms with Crippen LogP contribution in [0.4, 0.5) is 0 Å². The summed E-state index contributed by atoms with van der Waals surface area (Å²) in [6.07, 6.45) is 1.02. The van der Waals surface area contributed by atoms with Crippen molar-refractivity contribution in [3.05, 3.63) is 28.7 Å². The van der Waals surface area contributed by atoms with E-state index in [9.17, 15) is 4.79 Å². The predicted molar refractivity (Wildman–Crippen MR) is 74.6 cm³/mol. The molecule has 3 nitrogen and oxygen atoms in total. The zero-order chi connectivity index (χ0) is 13.1. The maximum atomic E-state index is 11.9. The molecular weight excluding hydrogens is 294 g/mol. The third-order valence-electron chi connectivity index (χ3n) is 3.05. The summed E-state index contributed by atoms with van der Waals surface area (Å²) in [5.74, 6) is 1.14. The summed E-state index contributed by atoms with van der Waals surface area (Å²) in [6, 6.07) is 7.81. The first-order valence-electron chi connectivity index (χ1n) is 6.27. The summed E-state index contributed by atoms with van der Waals surface area (Å²) >= 11 is 3.42. The van der Waals surface area contributed by atoms with Crippen LogP contribution in [-0.2, 0) is 4.79 Å². The largest absolute Gasteiger partial charge is 0.488 e. The number of ether oxygens (including phenoxy) is 1. The minimum Gasteiger partial charge on any atom is -0.488 e. The van der Waals surface area contributed by atoms with E-state index in [0.29, 0.717) is 6.54 Å². The number of halogens is 1. The molecule has 0 radical (unpaired) electrons. The van der Waals surface area contributed by atoms with Crippen LogP contribution in [0.25, 0.3) is 0 Å². The molecule has 0 aliphatic carbocycles. The Kier molecular flexibility index (Phi) is 4.27. The predicted octanol–water partition coefficient (Wildman–Crippen LogP) is 3.08. The SMILES string of the molecule is CC(C)C(=O)N1CCC(Oc2cccc(Br)c2)C1. The number of hydrogen-bond donors (Lipinski definition) is 0. The summed E-state index contributed by atoms with van der Waals surface area (Å²) in [5, 5.41) is 0. The van der Waals surface area contributed by atoms with Crippen LogP contribution in [0.2, 0.25) is 0 Å². The van der Waals surface area contributed by atoms with E-state index >= 15 is 0 Å². The van der Waals surface area contributed by atoms with Crippen LogP contribution in [0.5, 0.6) is 5.75 Å². The maximum absolute atomic E-state index is 11.9. The lowest BCUT2D eigenvalue weighted by atomic mass is 10.2. The zero-order valence-corrected chi connectivity index (χ0v) is 12.3. The number of hydrogen-bond acceptors (Lipinski definition) is 2. The highest BCUT2D eigenvalue weighted by atomic mass is 79.9. The second-order valence-corrected chi connectivity index (χ2v) is 5.84. The van der Waals surface area contributed by atoms with Gasteiger partial charge < -0.3 is 9.64 Å². The topological polar surface area (TPSA) is 29.5 Å². The number of nitrogens with zero attached hydrogens (tertiary/aromatic N) is 1. The smallest absolute Gasteiger partial charge is 0.225 e. The Labute approximate surface area is 116 Å². The first kappa shape index (κ1) is 13.4. The van der Waals surface area contributed by atoms with Crippen molar-refractivity contribution in [1.82, 2.24) is 4.90 Å². The molecule has 1 aliphatic rings. The van der Waals surface area contributed by atoms with Gasteiger partial charge in [-0.25, -0.2) is 0 Å². The highest BCUT2D eigenvalue weighted by Gasteiger charge is 2.28. The minimum atomic E-state index is 0.0645. The zero-order valence-electron chi connectivity index (χ0n) is 10.7. The van der Waals surface area contributed by atoms with Gasteiger partial charge in [-0.1, -0.05) is 35.8 Å². The van der Waals surface area contributed by atoms with Crippen LogP contribution in [-0.4, -0.2) is 30.0 Å². The Morgan fingerprint density at radius 2 is 2.28 bits per heavy atom. The number of likely N-dealkylation sites (tertiary alicyclic amines) is 1. The van der Waals surface area contributed by atoms with Gasteiger partial charge in [0.25, 0.3) is 0 Å². The van der Waals surface area contributed by atoms with E-state index in [-0.39, 0.29) is 17.9 Å². The summed E-state index contributed by atoms with van der Waals surface area (Å²) < 4.78 is 6.90. The first-order valence-corrected chi connectivity index (χ1v) is 7.06. The fourth-order valence-corrected chi connectivity index (χ4v) is 2.50. The highest BCUT2D eigenvalue weighted by Crippen LogP contribution is 2.22. The average Bonchev–Trinajstić information content (AvgIpc) is 2.76. The molecule has 1 amide bonds. The molecule has 98 valence electrons. The Morgan fingerprint density at radius 3 is 2.94 bits per heavy atom. The van der Waals surface area contributed by atoms with Gasteiger partial charge in [0.2, 0.25) is 5.91 Å². The molecule has 2 rings (SSSR count).